The van der Waals surface area contributed by atoms with Crippen LogP contribution in [0.1, 0.15) is 22.3 Å². The highest BCUT2D eigenvalue weighted by Gasteiger charge is 2.44. The molecule has 0 aromatic heterocycles. The van der Waals surface area contributed by atoms with Crippen LogP contribution in [-0.4, -0.2) is 44.3 Å². The molecule has 5 nitrogen and oxygen atoms in total. The summed E-state index contributed by atoms with van der Waals surface area (Å²) in [6.45, 7) is -0.440. The highest BCUT2D eigenvalue weighted by molar-refractivity contribution is 5.71. The van der Waals surface area contributed by atoms with Crippen LogP contribution in [0.4, 0.5) is 26.3 Å². The van der Waals surface area contributed by atoms with Gasteiger partial charge in [0.15, 0.2) is 5.72 Å². The minimum absolute atomic E-state index is 0.0593. The molecule has 3 rings (SSSR count). The van der Waals surface area contributed by atoms with Gasteiger partial charge in [-0.1, -0.05) is 30.3 Å². The van der Waals surface area contributed by atoms with Gasteiger partial charge in [-0.2, -0.15) is 26.3 Å². The lowest BCUT2D eigenvalue weighted by Crippen LogP contribution is -2.57. The minimum atomic E-state index is -4.97. The Labute approximate surface area is 185 Å². The molecule has 1 atom stereocenters. The van der Waals surface area contributed by atoms with E-state index in [1.807, 2.05) is 0 Å². The third-order valence-corrected chi connectivity index (χ3v) is 5.21. The first-order chi connectivity index (χ1) is 15.5. The van der Waals surface area contributed by atoms with Gasteiger partial charge in [-0.05, 0) is 23.8 Å². The third kappa shape index (κ3) is 5.84. The molecule has 2 aromatic rings. The molecular weight excluding hydrogens is 456 g/mol. The van der Waals surface area contributed by atoms with Gasteiger partial charge in [0, 0.05) is 12.1 Å². The van der Waals surface area contributed by atoms with E-state index in [0.717, 1.165) is 0 Å². The Bertz CT molecular complexity index is 931. The number of ether oxygens (including phenoxy) is 3. The van der Waals surface area contributed by atoms with Crippen molar-refractivity contribution in [1.29, 1.82) is 0 Å². The fraction of sp³-hybridized carbons (Fsp3) is 0.409. The van der Waals surface area contributed by atoms with E-state index in [1.54, 1.807) is 35.2 Å². The van der Waals surface area contributed by atoms with Crippen LogP contribution < -0.4 is 0 Å². The number of hydrogen-bond donors (Lipinski definition) is 0. The maximum atomic E-state index is 13.2. The molecule has 11 heteroatoms. The number of nitrogens with zero attached hydrogens (tertiary/aromatic N) is 1. The average Bonchev–Trinajstić information content (AvgIpc) is 2.77. The molecule has 0 N–H and O–H groups in total. The molecule has 33 heavy (non-hydrogen) atoms. The van der Waals surface area contributed by atoms with Crippen molar-refractivity contribution in [1.82, 2.24) is 4.90 Å². The van der Waals surface area contributed by atoms with Gasteiger partial charge in [-0.15, -0.1) is 0 Å². The average molecular weight is 477 g/mol. The van der Waals surface area contributed by atoms with E-state index < -0.39 is 41.8 Å². The van der Waals surface area contributed by atoms with Crippen LogP contribution in [0.3, 0.4) is 0 Å². The van der Waals surface area contributed by atoms with E-state index in [0.29, 0.717) is 17.7 Å². The molecular formula is C22H21F6NO4. The van der Waals surface area contributed by atoms with Crippen molar-refractivity contribution in [3.05, 3.63) is 70.8 Å². The molecule has 1 saturated heterocycles. The summed E-state index contributed by atoms with van der Waals surface area (Å²) in [7, 11) is 1.20. The second-order valence-corrected chi connectivity index (χ2v) is 7.40. The number of carbonyl (C=O) groups is 1. The topological polar surface area (TPSA) is 48.0 Å². The number of morpholine rings is 1. The zero-order valence-corrected chi connectivity index (χ0v) is 17.5. The molecule has 1 aliphatic heterocycles. The molecule has 0 radical (unpaired) electrons. The summed E-state index contributed by atoms with van der Waals surface area (Å²) < 4.78 is 95.6. The summed E-state index contributed by atoms with van der Waals surface area (Å²) >= 11 is 0. The molecule has 1 fully saturated rings. The number of alkyl halides is 6. The summed E-state index contributed by atoms with van der Waals surface area (Å²) in [5.41, 5.74) is -4.10. The first-order valence-electron chi connectivity index (χ1n) is 9.83. The van der Waals surface area contributed by atoms with E-state index in [2.05, 4.69) is 0 Å². The Hall–Kier alpha value is -2.63. The highest BCUT2D eigenvalue weighted by Crippen LogP contribution is 2.38. The van der Waals surface area contributed by atoms with E-state index in [1.165, 1.54) is 7.11 Å². The van der Waals surface area contributed by atoms with Crippen molar-refractivity contribution < 1.29 is 45.3 Å². The summed E-state index contributed by atoms with van der Waals surface area (Å²) in [5.74, 6) is -0.584. The number of methoxy groups -OCH3 is 1. The maximum absolute atomic E-state index is 13.2. The summed E-state index contributed by atoms with van der Waals surface area (Å²) in [5, 5.41) is 0. The quantitative estimate of drug-likeness (QED) is 0.450. The number of hydrogen-bond acceptors (Lipinski definition) is 5. The Morgan fingerprint density at radius 3 is 2.18 bits per heavy atom. The predicted octanol–water partition coefficient (Wildman–Crippen LogP) is 4.60. The van der Waals surface area contributed by atoms with E-state index in [-0.39, 0.29) is 37.9 Å². The molecule has 0 amide bonds. The molecule has 0 bridgehead atoms. The van der Waals surface area contributed by atoms with Gasteiger partial charge in [0.1, 0.15) is 0 Å². The van der Waals surface area contributed by atoms with Crippen LogP contribution in [0.15, 0.2) is 48.5 Å². The van der Waals surface area contributed by atoms with Gasteiger partial charge in [-0.3, -0.25) is 9.69 Å². The lowest BCUT2D eigenvalue weighted by molar-refractivity contribution is -0.235. The van der Waals surface area contributed by atoms with Crippen LogP contribution >= 0.6 is 0 Å². The SMILES string of the molecule is COC(=O)CN1CCOC[C@@]1(OCc1cc(C(F)(F)F)cc(C(F)(F)F)c1)c1ccccc1. The second kappa shape index (κ2) is 9.70. The van der Waals surface area contributed by atoms with Crippen molar-refractivity contribution in [3.63, 3.8) is 0 Å². The third-order valence-electron chi connectivity index (χ3n) is 5.21. The normalized spacial score (nSPS) is 20.0. The van der Waals surface area contributed by atoms with Crippen LogP contribution in [0.5, 0.6) is 0 Å². The number of rotatable bonds is 6. The predicted molar refractivity (Wildman–Crippen MR) is 104 cm³/mol. The molecule has 0 aliphatic carbocycles. The van der Waals surface area contributed by atoms with Crippen LogP contribution in [-0.2, 0) is 43.7 Å². The van der Waals surface area contributed by atoms with Gasteiger partial charge in [-0.25, -0.2) is 0 Å². The Balaban J connectivity index is 2.00. The van der Waals surface area contributed by atoms with Gasteiger partial charge >= 0.3 is 18.3 Å². The number of esters is 1. The van der Waals surface area contributed by atoms with Crippen LogP contribution in [0.2, 0.25) is 0 Å². The smallest absolute Gasteiger partial charge is 0.416 e. The largest absolute Gasteiger partial charge is 0.468 e. The number of carbonyl (C=O) groups excluding carboxylic acids is 1. The standard InChI is InChI=1S/C22H21F6NO4/c1-31-19(30)12-29-7-8-32-14-20(29,16-5-3-2-4-6-16)33-13-15-9-17(21(23,24)25)11-18(10-15)22(26,27)28/h2-6,9-11H,7-8,12-14H2,1H3/t20-/m1/s1. The number of halogens is 6. The zero-order valence-electron chi connectivity index (χ0n) is 17.5. The Kier molecular flexibility index (Phi) is 7.35. The van der Waals surface area contributed by atoms with Crippen LogP contribution in [0, 0.1) is 0 Å². The Morgan fingerprint density at radius 1 is 1.03 bits per heavy atom. The zero-order chi connectivity index (χ0) is 24.3. The number of benzene rings is 2. The molecule has 0 spiro atoms. The molecule has 180 valence electrons. The second-order valence-electron chi connectivity index (χ2n) is 7.40. The van der Waals surface area contributed by atoms with Crippen molar-refractivity contribution >= 4 is 5.97 Å². The van der Waals surface area contributed by atoms with Crippen LogP contribution in [0.25, 0.3) is 0 Å². The first kappa shape index (κ1) is 25.0. The fourth-order valence-electron chi connectivity index (χ4n) is 3.57. The lowest BCUT2D eigenvalue weighted by atomic mass is 9.99. The maximum Gasteiger partial charge on any atom is 0.416 e. The van der Waals surface area contributed by atoms with Gasteiger partial charge < -0.3 is 14.2 Å². The van der Waals surface area contributed by atoms with E-state index in [4.69, 9.17) is 14.2 Å². The Morgan fingerprint density at radius 2 is 1.64 bits per heavy atom. The van der Waals surface area contributed by atoms with Crippen molar-refractivity contribution in [3.8, 4) is 0 Å². The summed E-state index contributed by atoms with van der Waals surface area (Å²) in [6.07, 6.45) is -9.95. The van der Waals surface area contributed by atoms with E-state index in [9.17, 15) is 31.1 Å². The molecule has 1 aliphatic rings. The first-order valence-corrected chi connectivity index (χ1v) is 9.83. The highest BCUT2D eigenvalue weighted by atomic mass is 19.4. The monoisotopic (exact) mass is 477 g/mol. The minimum Gasteiger partial charge on any atom is -0.468 e. The molecule has 1 heterocycles. The summed E-state index contributed by atoms with van der Waals surface area (Å²) in [4.78, 5) is 13.6. The molecule has 0 unspecified atom stereocenters. The van der Waals surface area contributed by atoms with Gasteiger partial charge in [0.2, 0.25) is 0 Å². The van der Waals surface area contributed by atoms with Crippen molar-refractivity contribution in [2.24, 2.45) is 0 Å². The lowest BCUT2D eigenvalue weighted by Gasteiger charge is -2.46. The van der Waals surface area contributed by atoms with Gasteiger partial charge in [0.05, 0.1) is 44.6 Å². The summed E-state index contributed by atoms with van der Waals surface area (Å²) in [6, 6.07) is 9.75. The van der Waals surface area contributed by atoms with Crippen molar-refractivity contribution in [2.45, 2.75) is 24.7 Å². The van der Waals surface area contributed by atoms with Gasteiger partial charge in [0.25, 0.3) is 0 Å². The fourth-order valence-corrected chi connectivity index (χ4v) is 3.57. The molecule has 0 saturated carbocycles. The molecule has 2 aromatic carbocycles. The van der Waals surface area contributed by atoms with E-state index >= 15 is 0 Å². The van der Waals surface area contributed by atoms with Crippen molar-refractivity contribution in [2.75, 3.05) is 33.4 Å².